The molecule has 0 aliphatic heterocycles. The third kappa shape index (κ3) is 3.41. The Morgan fingerprint density at radius 3 is 2.16 bits per heavy atom. The summed E-state index contributed by atoms with van der Waals surface area (Å²) in [6.07, 6.45) is 2.01. The first kappa shape index (κ1) is 19.8. The van der Waals surface area contributed by atoms with Gasteiger partial charge in [-0.25, -0.2) is 4.98 Å². The zero-order valence-electron chi connectivity index (χ0n) is 16.2. The van der Waals surface area contributed by atoms with Crippen LogP contribution in [-0.2, 0) is 0 Å². The molecule has 4 nitrogen and oxygen atoms in total. The van der Waals surface area contributed by atoms with Gasteiger partial charge in [-0.2, -0.15) is 0 Å². The minimum absolute atomic E-state index is 0.371. The number of para-hydroxylation sites is 1. The minimum atomic E-state index is 0.371. The first-order valence-corrected chi connectivity index (χ1v) is 10.7. The topological polar surface area (TPSA) is 48.8 Å². The molecule has 2 heterocycles. The summed E-state index contributed by atoms with van der Waals surface area (Å²) in [5, 5.41) is 1.77. The Labute approximate surface area is 194 Å². The molecule has 2 N–H and O–H groups in total. The highest BCUT2D eigenvalue weighted by molar-refractivity contribution is 7.71. The number of benzene rings is 3. The first-order chi connectivity index (χ1) is 15.0. The zero-order chi connectivity index (χ0) is 21.5. The number of nitrogens with zero attached hydrogens (tertiary/aromatic N) is 3. The van der Waals surface area contributed by atoms with Gasteiger partial charge in [-0.05, 0) is 48.1 Å². The fourth-order valence-electron chi connectivity index (χ4n) is 3.71. The van der Waals surface area contributed by atoms with E-state index in [2.05, 4.69) is 0 Å². The van der Waals surface area contributed by atoms with E-state index < -0.39 is 0 Å². The third-order valence-electron chi connectivity index (χ3n) is 5.15. The van der Waals surface area contributed by atoms with Gasteiger partial charge in [-0.15, -0.1) is 0 Å². The van der Waals surface area contributed by atoms with Crippen LogP contribution in [-0.4, -0.2) is 14.1 Å². The van der Waals surface area contributed by atoms with Crippen molar-refractivity contribution < 1.29 is 0 Å². The molecular weight excluding hydrogens is 447 g/mol. The quantitative estimate of drug-likeness (QED) is 0.290. The summed E-state index contributed by atoms with van der Waals surface area (Å²) in [5.74, 6) is 0.527. The number of hydrogen-bond acceptors (Lipinski definition) is 3. The smallest absolute Gasteiger partial charge is 0.207 e. The monoisotopic (exact) mass is 462 g/mol. The van der Waals surface area contributed by atoms with Gasteiger partial charge < -0.3 is 10.3 Å². The molecule has 5 rings (SSSR count). The first-order valence-electron chi connectivity index (χ1n) is 9.54. The van der Waals surface area contributed by atoms with Gasteiger partial charge in [0, 0.05) is 23.1 Å². The molecule has 152 valence electrons. The second-order valence-electron chi connectivity index (χ2n) is 7.03. The molecule has 7 heteroatoms. The Bertz CT molecular complexity index is 1480. The van der Waals surface area contributed by atoms with Crippen molar-refractivity contribution in [3.63, 3.8) is 0 Å². The fourth-order valence-corrected chi connectivity index (χ4v) is 4.29. The lowest BCUT2D eigenvalue weighted by Crippen LogP contribution is -2.08. The van der Waals surface area contributed by atoms with E-state index in [-0.39, 0.29) is 0 Å². The van der Waals surface area contributed by atoms with Crippen LogP contribution >= 0.6 is 35.4 Å². The van der Waals surface area contributed by atoms with Crippen LogP contribution in [0, 0.1) is 4.77 Å². The molecule has 31 heavy (non-hydrogen) atoms. The molecule has 3 aromatic carbocycles. The number of anilines is 1. The van der Waals surface area contributed by atoms with E-state index in [0.717, 1.165) is 27.9 Å². The second kappa shape index (κ2) is 7.85. The van der Waals surface area contributed by atoms with Crippen molar-refractivity contribution >= 4 is 52.3 Å². The molecule has 0 spiro atoms. The normalized spacial score (nSPS) is 11.2. The summed E-state index contributed by atoms with van der Waals surface area (Å²) >= 11 is 18.1. The molecule has 0 fully saturated rings. The molecule has 2 aromatic heterocycles. The van der Waals surface area contributed by atoms with E-state index in [4.69, 9.17) is 46.1 Å². The summed E-state index contributed by atoms with van der Waals surface area (Å²) < 4.78 is 4.11. The van der Waals surface area contributed by atoms with Crippen LogP contribution in [0.2, 0.25) is 10.0 Å². The predicted octanol–water partition coefficient (Wildman–Crippen LogP) is 7.10. The van der Waals surface area contributed by atoms with E-state index in [1.807, 2.05) is 77.5 Å². The molecule has 0 saturated heterocycles. The highest BCUT2D eigenvalue weighted by atomic mass is 35.5. The average molecular weight is 463 g/mol. The van der Waals surface area contributed by atoms with E-state index in [0.29, 0.717) is 26.3 Å². The summed E-state index contributed by atoms with van der Waals surface area (Å²) in [5.41, 5.74) is 11.0. The Hall–Kier alpha value is -3.12. The van der Waals surface area contributed by atoms with Crippen molar-refractivity contribution in [2.45, 2.75) is 0 Å². The largest absolute Gasteiger partial charge is 0.384 e. The van der Waals surface area contributed by atoms with Crippen molar-refractivity contribution in [1.82, 2.24) is 14.1 Å². The Morgan fingerprint density at radius 2 is 1.48 bits per heavy atom. The maximum absolute atomic E-state index is 6.73. The molecule has 0 aliphatic rings. The van der Waals surface area contributed by atoms with Gasteiger partial charge in [0.15, 0.2) is 5.65 Å². The molecule has 0 radical (unpaired) electrons. The SMILES string of the molecule is Nc1c2c(-c3ccccc3)cn(-c3ccc(Cl)c(Cl)c3)c2nc(=S)n1-c1ccccc1. The van der Waals surface area contributed by atoms with Crippen molar-refractivity contribution in [3.05, 3.63) is 99.9 Å². The second-order valence-corrected chi connectivity index (χ2v) is 8.21. The lowest BCUT2D eigenvalue weighted by Gasteiger charge is -2.13. The fraction of sp³-hybridized carbons (Fsp3) is 0. The third-order valence-corrected chi connectivity index (χ3v) is 6.16. The molecule has 0 atom stereocenters. The molecular formula is C24H16Cl2N4S. The summed E-state index contributed by atoms with van der Waals surface area (Å²) in [6.45, 7) is 0. The van der Waals surface area contributed by atoms with E-state index in [1.165, 1.54) is 0 Å². The van der Waals surface area contributed by atoms with Crippen LogP contribution < -0.4 is 5.73 Å². The van der Waals surface area contributed by atoms with Crippen LogP contribution in [0.4, 0.5) is 5.82 Å². The van der Waals surface area contributed by atoms with Crippen molar-refractivity contribution in [2.75, 3.05) is 5.73 Å². The average Bonchev–Trinajstić information content (AvgIpc) is 3.16. The maximum atomic E-state index is 6.73. The van der Waals surface area contributed by atoms with Gasteiger partial charge in [0.05, 0.1) is 15.4 Å². The highest BCUT2D eigenvalue weighted by Gasteiger charge is 2.19. The van der Waals surface area contributed by atoms with Crippen LogP contribution in [0.3, 0.4) is 0 Å². The van der Waals surface area contributed by atoms with Crippen molar-refractivity contribution in [1.29, 1.82) is 0 Å². The number of hydrogen-bond donors (Lipinski definition) is 1. The number of rotatable bonds is 3. The number of nitrogens with two attached hydrogens (primary N) is 1. The Balaban J connectivity index is 1.88. The van der Waals surface area contributed by atoms with E-state index in [9.17, 15) is 0 Å². The van der Waals surface area contributed by atoms with Crippen LogP contribution in [0.15, 0.2) is 85.1 Å². The van der Waals surface area contributed by atoms with Crippen molar-refractivity contribution in [3.8, 4) is 22.5 Å². The number of aromatic nitrogens is 3. The molecule has 0 bridgehead atoms. The Morgan fingerprint density at radius 1 is 0.806 bits per heavy atom. The Kier molecular flexibility index (Phi) is 5.02. The van der Waals surface area contributed by atoms with Crippen LogP contribution in [0.25, 0.3) is 33.5 Å². The van der Waals surface area contributed by atoms with E-state index in [1.54, 1.807) is 16.7 Å². The summed E-state index contributed by atoms with van der Waals surface area (Å²) in [6, 6.07) is 25.3. The number of halogens is 2. The minimum Gasteiger partial charge on any atom is -0.384 e. The lowest BCUT2D eigenvalue weighted by molar-refractivity contribution is 0.975. The van der Waals surface area contributed by atoms with Gasteiger partial charge in [-0.1, -0.05) is 71.7 Å². The van der Waals surface area contributed by atoms with Gasteiger partial charge in [0.1, 0.15) is 5.82 Å². The zero-order valence-corrected chi connectivity index (χ0v) is 18.5. The van der Waals surface area contributed by atoms with Gasteiger partial charge in [0.2, 0.25) is 4.77 Å². The molecule has 0 saturated carbocycles. The molecule has 0 unspecified atom stereocenters. The van der Waals surface area contributed by atoms with Gasteiger partial charge >= 0.3 is 0 Å². The number of nitrogen functional groups attached to an aromatic ring is 1. The molecule has 0 aliphatic carbocycles. The van der Waals surface area contributed by atoms with E-state index >= 15 is 0 Å². The molecule has 5 aromatic rings. The van der Waals surface area contributed by atoms with Crippen LogP contribution in [0.5, 0.6) is 0 Å². The van der Waals surface area contributed by atoms with Gasteiger partial charge in [0.25, 0.3) is 0 Å². The maximum Gasteiger partial charge on any atom is 0.207 e. The van der Waals surface area contributed by atoms with Crippen molar-refractivity contribution in [2.24, 2.45) is 0 Å². The lowest BCUT2D eigenvalue weighted by atomic mass is 10.1. The summed E-state index contributed by atoms with van der Waals surface area (Å²) in [4.78, 5) is 4.77. The number of fused-ring (bicyclic) bond motifs is 1. The van der Waals surface area contributed by atoms with Crippen LogP contribution in [0.1, 0.15) is 0 Å². The predicted molar refractivity (Wildman–Crippen MR) is 131 cm³/mol. The molecule has 0 amide bonds. The standard InChI is InChI=1S/C24H16Cl2N4S/c25-19-12-11-17(13-20(19)26)29-14-18(15-7-3-1-4-8-15)21-22(27)30(24(31)28-23(21)29)16-9-5-2-6-10-16/h1-14H,27H2. The summed E-state index contributed by atoms with van der Waals surface area (Å²) in [7, 11) is 0. The van der Waals surface area contributed by atoms with Gasteiger partial charge in [-0.3, -0.25) is 4.57 Å². The highest BCUT2D eigenvalue weighted by Crippen LogP contribution is 2.37.